The Labute approximate surface area is 139 Å². The summed E-state index contributed by atoms with van der Waals surface area (Å²) < 4.78 is 23.3. The minimum atomic E-state index is -3.14. The van der Waals surface area contributed by atoms with Crippen LogP contribution in [-0.2, 0) is 9.84 Å². The van der Waals surface area contributed by atoms with E-state index >= 15 is 0 Å². The Kier molecular flexibility index (Phi) is 4.62. The van der Waals surface area contributed by atoms with Crippen molar-refractivity contribution in [2.24, 2.45) is 5.92 Å². The van der Waals surface area contributed by atoms with Gasteiger partial charge in [0.2, 0.25) is 0 Å². The number of nitrogens with one attached hydrogen (secondary N) is 1. The number of sulfone groups is 1. The summed E-state index contributed by atoms with van der Waals surface area (Å²) in [5.74, 6) is 1.10. The van der Waals surface area contributed by atoms with E-state index in [2.05, 4.69) is 18.0 Å². The van der Waals surface area contributed by atoms with Crippen molar-refractivity contribution >= 4 is 9.84 Å². The van der Waals surface area contributed by atoms with Crippen molar-refractivity contribution in [1.82, 2.24) is 4.98 Å². The van der Waals surface area contributed by atoms with Gasteiger partial charge in [-0.2, -0.15) is 0 Å². The molecule has 4 heteroatoms. The molecular weight excluding hydrogens is 306 g/mol. The highest BCUT2D eigenvalue weighted by atomic mass is 32.2. The number of H-pyrrole nitrogens is 1. The van der Waals surface area contributed by atoms with Crippen LogP contribution in [0.4, 0.5) is 0 Å². The normalized spacial score (nSPS) is 17.5. The number of rotatable bonds is 5. The topological polar surface area (TPSA) is 49.9 Å². The second-order valence-electron chi connectivity index (χ2n) is 6.91. The lowest BCUT2D eigenvalue weighted by atomic mass is 9.85. The largest absolute Gasteiger partial charge is 0.364 e. The summed E-state index contributed by atoms with van der Waals surface area (Å²) in [6, 6.07) is 9.65. The maximum Gasteiger partial charge on any atom is 0.175 e. The van der Waals surface area contributed by atoms with Gasteiger partial charge in [0.05, 0.1) is 4.90 Å². The van der Waals surface area contributed by atoms with Gasteiger partial charge in [0.1, 0.15) is 0 Å². The Morgan fingerprint density at radius 3 is 2.35 bits per heavy atom. The number of benzene rings is 1. The lowest BCUT2D eigenvalue weighted by molar-refractivity contribution is 0.469. The molecule has 1 aromatic heterocycles. The van der Waals surface area contributed by atoms with Crippen LogP contribution in [0.3, 0.4) is 0 Å². The first-order valence-electron chi connectivity index (χ1n) is 8.38. The van der Waals surface area contributed by atoms with Crippen LogP contribution in [-0.4, -0.2) is 19.7 Å². The number of hydrogen-bond donors (Lipinski definition) is 1. The van der Waals surface area contributed by atoms with Crippen LogP contribution in [0.1, 0.15) is 54.8 Å². The van der Waals surface area contributed by atoms with E-state index in [4.69, 9.17) is 0 Å². The van der Waals surface area contributed by atoms with Gasteiger partial charge in [-0.25, -0.2) is 8.42 Å². The molecule has 1 unspecified atom stereocenters. The third kappa shape index (κ3) is 3.86. The van der Waals surface area contributed by atoms with Crippen molar-refractivity contribution in [3.8, 4) is 0 Å². The fourth-order valence-electron chi connectivity index (χ4n) is 3.70. The summed E-state index contributed by atoms with van der Waals surface area (Å²) in [5.41, 5.74) is 3.68. The van der Waals surface area contributed by atoms with Gasteiger partial charge < -0.3 is 4.98 Å². The summed E-state index contributed by atoms with van der Waals surface area (Å²) in [4.78, 5) is 3.80. The van der Waals surface area contributed by atoms with Gasteiger partial charge in [0.15, 0.2) is 9.84 Å². The lowest BCUT2D eigenvalue weighted by Gasteiger charge is -2.20. The first-order chi connectivity index (χ1) is 10.9. The van der Waals surface area contributed by atoms with E-state index in [1.54, 1.807) is 12.1 Å². The van der Waals surface area contributed by atoms with E-state index in [1.807, 2.05) is 18.3 Å². The zero-order valence-corrected chi connectivity index (χ0v) is 14.7. The quantitative estimate of drug-likeness (QED) is 0.880. The molecule has 1 saturated carbocycles. The molecule has 1 N–H and O–H groups in total. The highest BCUT2D eigenvalue weighted by molar-refractivity contribution is 7.90. The Morgan fingerprint density at radius 2 is 1.83 bits per heavy atom. The number of hydrogen-bond acceptors (Lipinski definition) is 2. The number of aromatic nitrogens is 1. The highest BCUT2D eigenvalue weighted by Gasteiger charge is 2.23. The molecule has 0 aliphatic heterocycles. The van der Waals surface area contributed by atoms with Crippen molar-refractivity contribution in [2.75, 3.05) is 6.26 Å². The third-order valence-corrected chi connectivity index (χ3v) is 6.11. The van der Waals surface area contributed by atoms with Crippen LogP contribution in [0.25, 0.3) is 0 Å². The molecular formula is C19H25NO2S. The lowest BCUT2D eigenvalue weighted by Crippen LogP contribution is -2.08. The summed E-state index contributed by atoms with van der Waals surface area (Å²) in [6.45, 7) is 2.10. The van der Waals surface area contributed by atoms with Gasteiger partial charge in [0, 0.05) is 24.1 Å². The Morgan fingerprint density at radius 1 is 1.17 bits per heavy atom. The van der Waals surface area contributed by atoms with Gasteiger partial charge in [-0.15, -0.1) is 0 Å². The first-order valence-corrected chi connectivity index (χ1v) is 10.3. The smallest absolute Gasteiger partial charge is 0.175 e. The Bertz CT molecular complexity index is 753. The molecule has 3 nitrogen and oxygen atoms in total. The minimum absolute atomic E-state index is 0.320. The maximum atomic E-state index is 11.7. The standard InChI is InChI=1S/C19H25NO2S/c1-14-11-19(20-13-14)18(12-15-5-3-4-6-15)16-7-9-17(10-8-16)23(2,21)22/h7-11,13,15,18,20H,3-6,12H2,1-2H3. The van der Waals surface area contributed by atoms with E-state index in [9.17, 15) is 8.42 Å². The van der Waals surface area contributed by atoms with Crippen molar-refractivity contribution < 1.29 is 8.42 Å². The van der Waals surface area contributed by atoms with Crippen LogP contribution in [0.5, 0.6) is 0 Å². The second-order valence-corrected chi connectivity index (χ2v) is 8.93. The van der Waals surface area contributed by atoms with Gasteiger partial charge in [-0.1, -0.05) is 37.8 Å². The third-order valence-electron chi connectivity index (χ3n) is 4.98. The molecule has 0 saturated heterocycles. The summed E-state index contributed by atoms with van der Waals surface area (Å²) in [7, 11) is -3.14. The average Bonchev–Trinajstić information content (AvgIpc) is 3.15. The molecule has 0 bridgehead atoms. The van der Waals surface area contributed by atoms with Gasteiger partial charge in [-0.05, 0) is 48.6 Å². The van der Waals surface area contributed by atoms with Gasteiger partial charge in [0.25, 0.3) is 0 Å². The summed E-state index contributed by atoms with van der Waals surface area (Å²) in [5, 5.41) is 0. The Balaban J connectivity index is 1.90. The fourth-order valence-corrected chi connectivity index (χ4v) is 4.33. The molecule has 124 valence electrons. The first kappa shape index (κ1) is 16.3. The average molecular weight is 331 g/mol. The zero-order chi connectivity index (χ0) is 16.4. The molecule has 0 amide bonds. The zero-order valence-electron chi connectivity index (χ0n) is 13.9. The molecule has 1 atom stereocenters. The van der Waals surface area contributed by atoms with E-state index in [0.717, 1.165) is 12.3 Å². The molecule has 0 radical (unpaired) electrons. The molecule has 1 fully saturated rings. The van der Waals surface area contributed by atoms with Crippen molar-refractivity contribution in [3.63, 3.8) is 0 Å². The van der Waals surface area contributed by atoms with E-state index in [-0.39, 0.29) is 0 Å². The predicted molar refractivity (Wildman–Crippen MR) is 93.5 cm³/mol. The van der Waals surface area contributed by atoms with Crippen LogP contribution < -0.4 is 0 Å². The summed E-state index contributed by atoms with van der Waals surface area (Å²) >= 11 is 0. The van der Waals surface area contributed by atoms with Crippen molar-refractivity contribution in [2.45, 2.75) is 49.8 Å². The Hall–Kier alpha value is -1.55. The molecule has 2 aromatic rings. The van der Waals surface area contributed by atoms with Crippen LogP contribution >= 0.6 is 0 Å². The van der Waals surface area contributed by atoms with E-state index in [0.29, 0.717) is 10.8 Å². The van der Waals surface area contributed by atoms with E-state index in [1.165, 1.54) is 48.8 Å². The molecule has 23 heavy (non-hydrogen) atoms. The molecule has 1 aliphatic rings. The molecule has 0 spiro atoms. The highest BCUT2D eigenvalue weighted by Crippen LogP contribution is 2.37. The molecule has 1 aliphatic carbocycles. The molecule has 3 rings (SSSR count). The SMILES string of the molecule is Cc1c[nH]c(C(CC2CCCC2)c2ccc(S(C)(=O)=O)cc2)c1. The van der Waals surface area contributed by atoms with Gasteiger partial charge in [-0.3, -0.25) is 0 Å². The van der Waals surface area contributed by atoms with Crippen LogP contribution in [0.15, 0.2) is 41.4 Å². The minimum Gasteiger partial charge on any atom is -0.364 e. The van der Waals surface area contributed by atoms with E-state index < -0.39 is 9.84 Å². The van der Waals surface area contributed by atoms with Crippen molar-refractivity contribution in [1.29, 1.82) is 0 Å². The molecule has 1 heterocycles. The number of aromatic amines is 1. The van der Waals surface area contributed by atoms with Crippen LogP contribution in [0, 0.1) is 12.8 Å². The maximum absolute atomic E-state index is 11.7. The summed E-state index contributed by atoms with van der Waals surface area (Å²) in [6.07, 6.45) is 9.75. The molecule has 1 aromatic carbocycles. The second kappa shape index (κ2) is 6.52. The number of aryl methyl sites for hydroxylation is 1. The predicted octanol–water partition coefficient (Wildman–Crippen LogP) is 4.44. The monoisotopic (exact) mass is 331 g/mol. The van der Waals surface area contributed by atoms with Crippen molar-refractivity contribution in [3.05, 3.63) is 53.3 Å². The van der Waals surface area contributed by atoms with Gasteiger partial charge >= 0.3 is 0 Å². The fraction of sp³-hybridized carbons (Fsp3) is 0.474. The van der Waals surface area contributed by atoms with Crippen LogP contribution in [0.2, 0.25) is 0 Å².